The number of hydrogen-bond donors (Lipinski definition) is 1. The van der Waals surface area contributed by atoms with Crippen LogP contribution in [0.25, 0.3) is 0 Å². The molecule has 3 rings (SSSR count). The molecule has 0 aliphatic heterocycles. The maximum absolute atomic E-state index is 12.9. The molecule has 110 valence electrons. The van der Waals surface area contributed by atoms with Crippen molar-refractivity contribution in [3.8, 4) is 0 Å². The van der Waals surface area contributed by atoms with Gasteiger partial charge in [-0.1, -0.05) is 36.6 Å². The molecule has 0 saturated heterocycles. The predicted octanol–water partition coefficient (Wildman–Crippen LogP) is 4.56. The van der Waals surface area contributed by atoms with Crippen molar-refractivity contribution in [1.82, 2.24) is 4.98 Å². The van der Waals surface area contributed by atoms with Crippen molar-refractivity contribution in [2.75, 3.05) is 5.32 Å². The third-order valence-electron chi connectivity index (χ3n) is 4.13. The van der Waals surface area contributed by atoms with E-state index in [1.807, 2.05) is 31.2 Å². The Kier molecular flexibility index (Phi) is 4.00. The van der Waals surface area contributed by atoms with Gasteiger partial charge in [0.2, 0.25) is 5.91 Å². The summed E-state index contributed by atoms with van der Waals surface area (Å²) in [5.74, 6) is 0.0525. The van der Waals surface area contributed by atoms with Gasteiger partial charge in [0.25, 0.3) is 0 Å². The Morgan fingerprint density at radius 1 is 1.29 bits per heavy atom. The molecular formula is C16H17ClN2OS. The highest BCUT2D eigenvalue weighted by Crippen LogP contribution is 2.42. The molecule has 1 fully saturated rings. The second-order valence-corrected chi connectivity index (χ2v) is 7.20. The number of aromatic nitrogens is 1. The predicted molar refractivity (Wildman–Crippen MR) is 87.1 cm³/mol. The van der Waals surface area contributed by atoms with Crippen LogP contribution in [0, 0.1) is 6.92 Å². The fraction of sp³-hybridized carbons (Fsp3) is 0.375. The summed E-state index contributed by atoms with van der Waals surface area (Å²) in [6.45, 7) is 1.98. The quantitative estimate of drug-likeness (QED) is 0.901. The molecule has 1 aromatic heterocycles. The zero-order valence-corrected chi connectivity index (χ0v) is 13.4. The number of carbonyl (C=O) groups excluding carboxylic acids is 1. The van der Waals surface area contributed by atoms with Crippen LogP contribution in [0.2, 0.25) is 5.02 Å². The first-order valence-corrected chi connectivity index (χ1v) is 8.29. The standard InChI is InChI=1S/C16H17ClN2OS/c1-11-10-18-15(21-11)19-14(20)16(8-2-3-9-16)12-4-6-13(17)7-5-12/h4-7,10H,2-3,8-9H2,1H3,(H,18,19,20). The maximum atomic E-state index is 12.9. The van der Waals surface area contributed by atoms with Crippen LogP contribution in [-0.4, -0.2) is 10.9 Å². The van der Waals surface area contributed by atoms with Crippen molar-refractivity contribution >= 4 is 34.0 Å². The molecule has 0 spiro atoms. The molecule has 1 saturated carbocycles. The van der Waals surface area contributed by atoms with Crippen LogP contribution in [0.5, 0.6) is 0 Å². The Bertz CT molecular complexity index is 645. The molecule has 5 heteroatoms. The van der Waals surface area contributed by atoms with Crippen LogP contribution in [-0.2, 0) is 10.2 Å². The summed E-state index contributed by atoms with van der Waals surface area (Å²) >= 11 is 7.47. The molecule has 1 aliphatic carbocycles. The highest BCUT2D eigenvalue weighted by atomic mass is 35.5. The van der Waals surface area contributed by atoms with Gasteiger partial charge in [-0.3, -0.25) is 4.79 Å². The van der Waals surface area contributed by atoms with Gasteiger partial charge < -0.3 is 5.32 Å². The van der Waals surface area contributed by atoms with Crippen LogP contribution in [0.15, 0.2) is 30.5 Å². The molecule has 1 aliphatic rings. The van der Waals surface area contributed by atoms with E-state index >= 15 is 0 Å². The highest BCUT2D eigenvalue weighted by molar-refractivity contribution is 7.15. The summed E-state index contributed by atoms with van der Waals surface area (Å²) < 4.78 is 0. The van der Waals surface area contributed by atoms with E-state index in [4.69, 9.17) is 11.6 Å². The van der Waals surface area contributed by atoms with Gasteiger partial charge >= 0.3 is 0 Å². The lowest BCUT2D eigenvalue weighted by atomic mass is 9.78. The van der Waals surface area contributed by atoms with E-state index in [0.717, 1.165) is 36.1 Å². The minimum absolute atomic E-state index is 0.0525. The van der Waals surface area contributed by atoms with Crippen molar-refractivity contribution in [3.63, 3.8) is 0 Å². The molecule has 2 aromatic rings. The zero-order valence-electron chi connectivity index (χ0n) is 11.9. The minimum atomic E-state index is -0.440. The lowest BCUT2D eigenvalue weighted by Gasteiger charge is -2.27. The van der Waals surface area contributed by atoms with Gasteiger partial charge in [-0.2, -0.15) is 0 Å². The number of nitrogens with zero attached hydrogens (tertiary/aromatic N) is 1. The second kappa shape index (κ2) is 5.78. The van der Waals surface area contributed by atoms with E-state index in [1.54, 1.807) is 6.20 Å². The minimum Gasteiger partial charge on any atom is -0.301 e. The van der Waals surface area contributed by atoms with Gasteiger partial charge in [-0.05, 0) is 37.5 Å². The zero-order chi connectivity index (χ0) is 14.9. The van der Waals surface area contributed by atoms with E-state index in [9.17, 15) is 4.79 Å². The molecule has 0 bridgehead atoms. The Hall–Kier alpha value is -1.39. The molecule has 21 heavy (non-hydrogen) atoms. The van der Waals surface area contributed by atoms with E-state index in [1.165, 1.54) is 11.3 Å². The van der Waals surface area contributed by atoms with Crippen LogP contribution in [0.4, 0.5) is 5.13 Å². The first-order valence-electron chi connectivity index (χ1n) is 7.10. The van der Waals surface area contributed by atoms with Gasteiger partial charge in [0.1, 0.15) is 0 Å². The van der Waals surface area contributed by atoms with Gasteiger partial charge in [0.15, 0.2) is 5.13 Å². The van der Waals surface area contributed by atoms with Crippen LogP contribution >= 0.6 is 22.9 Å². The molecule has 0 atom stereocenters. The smallest absolute Gasteiger partial charge is 0.236 e. The number of thiazole rings is 1. The topological polar surface area (TPSA) is 42.0 Å². The number of amides is 1. The molecule has 1 amide bonds. The fourth-order valence-electron chi connectivity index (χ4n) is 3.02. The van der Waals surface area contributed by atoms with Gasteiger partial charge in [0.05, 0.1) is 5.41 Å². The summed E-state index contributed by atoms with van der Waals surface area (Å²) in [4.78, 5) is 18.2. The normalized spacial score (nSPS) is 16.9. The first-order chi connectivity index (χ1) is 10.1. The van der Waals surface area contributed by atoms with Crippen molar-refractivity contribution in [1.29, 1.82) is 0 Å². The van der Waals surface area contributed by atoms with Gasteiger partial charge in [0, 0.05) is 16.1 Å². The van der Waals surface area contributed by atoms with Crippen molar-refractivity contribution in [3.05, 3.63) is 45.9 Å². The Morgan fingerprint density at radius 2 is 1.95 bits per heavy atom. The van der Waals surface area contributed by atoms with E-state index in [-0.39, 0.29) is 5.91 Å². The number of rotatable bonds is 3. The Morgan fingerprint density at radius 3 is 2.52 bits per heavy atom. The number of benzene rings is 1. The number of carbonyl (C=O) groups is 1. The molecule has 1 heterocycles. The number of aryl methyl sites for hydroxylation is 1. The number of nitrogens with one attached hydrogen (secondary N) is 1. The van der Waals surface area contributed by atoms with Crippen LogP contribution < -0.4 is 5.32 Å². The summed E-state index contributed by atoms with van der Waals surface area (Å²) in [6, 6.07) is 7.66. The average molecular weight is 321 g/mol. The fourth-order valence-corrected chi connectivity index (χ4v) is 3.81. The second-order valence-electron chi connectivity index (χ2n) is 5.53. The number of hydrogen-bond acceptors (Lipinski definition) is 3. The molecule has 1 aromatic carbocycles. The van der Waals surface area contributed by atoms with E-state index in [2.05, 4.69) is 10.3 Å². The van der Waals surface area contributed by atoms with Crippen molar-refractivity contribution in [2.45, 2.75) is 38.0 Å². The Labute approximate surface area is 133 Å². The summed E-state index contributed by atoms with van der Waals surface area (Å²) in [5, 5.41) is 4.37. The SMILES string of the molecule is Cc1cnc(NC(=O)C2(c3ccc(Cl)cc3)CCCC2)s1. The largest absolute Gasteiger partial charge is 0.301 e. The molecular weight excluding hydrogens is 304 g/mol. The monoisotopic (exact) mass is 320 g/mol. The molecule has 3 nitrogen and oxygen atoms in total. The lowest BCUT2D eigenvalue weighted by molar-refractivity contribution is -0.121. The van der Waals surface area contributed by atoms with Crippen molar-refractivity contribution in [2.24, 2.45) is 0 Å². The van der Waals surface area contributed by atoms with Crippen LogP contribution in [0.1, 0.15) is 36.1 Å². The first kappa shape index (κ1) is 14.5. The van der Waals surface area contributed by atoms with Gasteiger partial charge in [-0.25, -0.2) is 4.98 Å². The Balaban J connectivity index is 1.89. The van der Waals surface area contributed by atoms with E-state index in [0.29, 0.717) is 10.2 Å². The van der Waals surface area contributed by atoms with E-state index < -0.39 is 5.41 Å². The number of anilines is 1. The van der Waals surface area contributed by atoms with Gasteiger partial charge in [-0.15, -0.1) is 11.3 Å². The third kappa shape index (κ3) is 2.83. The molecule has 1 N–H and O–H groups in total. The van der Waals surface area contributed by atoms with Crippen LogP contribution in [0.3, 0.4) is 0 Å². The average Bonchev–Trinajstić information content (AvgIpc) is 3.10. The summed E-state index contributed by atoms with van der Waals surface area (Å²) in [7, 11) is 0. The molecule has 0 radical (unpaired) electrons. The summed E-state index contributed by atoms with van der Waals surface area (Å²) in [6.07, 6.45) is 5.69. The van der Waals surface area contributed by atoms with Crippen molar-refractivity contribution < 1.29 is 4.79 Å². The third-order valence-corrected chi connectivity index (χ3v) is 5.21. The highest BCUT2D eigenvalue weighted by Gasteiger charge is 2.42. The molecule has 0 unspecified atom stereocenters. The number of halogens is 1. The maximum Gasteiger partial charge on any atom is 0.236 e. The lowest BCUT2D eigenvalue weighted by Crippen LogP contribution is -2.37. The summed E-state index contributed by atoms with van der Waals surface area (Å²) in [5.41, 5.74) is 0.611.